The normalized spacial score (nSPS) is 11.4. The van der Waals surface area contributed by atoms with E-state index in [1.165, 1.54) is 4.31 Å². The summed E-state index contributed by atoms with van der Waals surface area (Å²) in [5, 5.41) is 6.32. The van der Waals surface area contributed by atoms with E-state index >= 15 is 0 Å². The van der Waals surface area contributed by atoms with Crippen LogP contribution in [-0.4, -0.2) is 32.3 Å². The van der Waals surface area contributed by atoms with Crippen LogP contribution in [0.15, 0.2) is 28.8 Å². The van der Waals surface area contributed by atoms with Gasteiger partial charge in [-0.1, -0.05) is 37.2 Å². The van der Waals surface area contributed by atoms with Crippen molar-refractivity contribution in [3.8, 4) is 0 Å². The number of carbonyl (C=O) groups is 1. The Hall–Kier alpha value is -2.35. The average Bonchev–Trinajstić information content (AvgIpc) is 2.98. The van der Waals surface area contributed by atoms with Crippen molar-refractivity contribution in [1.29, 1.82) is 0 Å². The van der Waals surface area contributed by atoms with Gasteiger partial charge in [-0.05, 0) is 30.9 Å². The third kappa shape index (κ3) is 4.85. The van der Waals surface area contributed by atoms with Gasteiger partial charge in [0.2, 0.25) is 15.9 Å². The van der Waals surface area contributed by atoms with Gasteiger partial charge >= 0.3 is 0 Å². The van der Waals surface area contributed by atoms with Crippen LogP contribution in [0.4, 0.5) is 11.5 Å². The second-order valence-electron chi connectivity index (χ2n) is 6.09. The number of rotatable bonds is 8. The zero-order chi connectivity index (χ0) is 19.3. The first-order valence-electron chi connectivity index (χ1n) is 8.57. The summed E-state index contributed by atoms with van der Waals surface area (Å²) in [6, 6.07) is 7.38. The molecule has 0 radical (unpaired) electrons. The Morgan fingerprint density at radius 1 is 1.23 bits per heavy atom. The van der Waals surface area contributed by atoms with Gasteiger partial charge in [-0.15, -0.1) is 0 Å². The molecule has 0 aliphatic rings. The summed E-state index contributed by atoms with van der Waals surface area (Å²) >= 11 is 0. The summed E-state index contributed by atoms with van der Waals surface area (Å²) in [6.45, 7) is 5.75. The molecule has 2 rings (SSSR count). The monoisotopic (exact) mass is 379 g/mol. The maximum atomic E-state index is 12.4. The average molecular weight is 379 g/mol. The summed E-state index contributed by atoms with van der Waals surface area (Å²) < 4.78 is 31.1. The first-order valence-corrected chi connectivity index (χ1v) is 10.4. The molecule has 0 fully saturated rings. The molecule has 0 saturated carbocycles. The first-order chi connectivity index (χ1) is 12.3. The van der Waals surface area contributed by atoms with Crippen LogP contribution in [-0.2, 0) is 27.7 Å². The molecule has 1 amide bonds. The highest BCUT2D eigenvalue weighted by Gasteiger charge is 2.23. The molecular weight excluding hydrogens is 354 g/mol. The highest BCUT2D eigenvalue weighted by Crippen LogP contribution is 2.29. The summed E-state index contributed by atoms with van der Waals surface area (Å²) in [6.07, 6.45) is 2.59. The first kappa shape index (κ1) is 20.0. The van der Waals surface area contributed by atoms with E-state index in [9.17, 15) is 13.2 Å². The molecule has 0 bridgehead atoms. The van der Waals surface area contributed by atoms with Crippen molar-refractivity contribution in [2.45, 2.75) is 40.0 Å². The topological polar surface area (TPSA) is 92.5 Å². The van der Waals surface area contributed by atoms with E-state index in [2.05, 4.69) is 10.5 Å². The Balaban J connectivity index is 2.23. The van der Waals surface area contributed by atoms with Crippen molar-refractivity contribution in [2.24, 2.45) is 0 Å². The Morgan fingerprint density at radius 2 is 1.85 bits per heavy atom. The Morgan fingerprint density at radius 3 is 2.31 bits per heavy atom. The number of nitrogens with zero attached hydrogens (tertiary/aromatic N) is 2. The number of aryl methyl sites for hydroxylation is 3. The molecule has 1 aromatic heterocycles. The number of carbonyl (C=O) groups excluding carboxylic acids is 1. The van der Waals surface area contributed by atoms with Crippen LogP contribution < -0.4 is 9.62 Å². The van der Waals surface area contributed by atoms with Gasteiger partial charge in [0.05, 0.1) is 11.9 Å². The lowest BCUT2D eigenvalue weighted by molar-refractivity contribution is -0.116. The number of para-hydroxylation sites is 1. The highest BCUT2D eigenvalue weighted by atomic mass is 32.2. The second-order valence-corrected chi connectivity index (χ2v) is 7.99. The minimum absolute atomic E-state index is 0.0141. The highest BCUT2D eigenvalue weighted by molar-refractivity contribution is 7.92. The van der Waals surface area contributed by atoms with Gasteiger partial charge in [0, 0.05) is 19.0 Å². The number of nitrogens with one attached hydrogen (secondary N) is 1. The molecule has 1 aromatic carbocycles. The van der Waals surface area contributed by atoms with Crippen molar-refractivity contribution >= 4 is 27.4 Å². The molecule has 0 saturated heterocycles. The zero-order valence-electron chi connectivity index (χ0n) is 15.6. The van der Waals surface area contributed by atoms with Crippen LogP contribution in [0.3, 0.4) is 0 Å². The van der Waals surface area contributed by atoms with Crippen molar-refractivity contribution in [3.63, 3.8) is 0 Å². The molecule has 0 unspecified atom stereocenters. The number of aromatic nitrogens is 1. The van der Waals surface area contributed by atoms with Crippen LogP contribution >= 0.6 is 0 Å². The standard InChI is InChI=1S/C18H25N3O4S/c1-5-14-8-7-9-15(6-2)18(14)21(26(4,23)24)11-10-17(22)19-16-12-13(3)25-20-16/h7-9,12H,5-6,10-11H2,1-4H3,(H,19,20,22). The zero-order valence-corrected chi connectivity index (χ0v) is 16.4. The van der Waals surface area contributed by atoms with Gasteiger partial charge < -0.3 is 9.84 Å². The van der Waals surface area contributed by atoms with Crippen LogP contribution in [0, 0.1) is 6.92 Å². The van der Waals surface area contributed by atoms with E-state index in [4.69, 9.17) is 4.52 Å². The third-order valence-corrected chi connectivity index (χ3v) is 5.22. The van der Waals surface area contributed by atoms with Crippen molar-refractivity contribution in [3.05, 3.63) is 41.2 Å². The van der Waals surface area contributed by atoms with Gasteiger partial charge in [0.15, 0.2) is 5.82 Å². The van der Waals surface area contributed by atoms with E-state index in [0.29, 0.717) is 30.1 Å². The lowest BCUT2D eigenvalue weighted by Crippen LogP contribution is -2.34. The molecule has 8 heteroatoms. The van der Waals surface area contributed by atoms with Gasteiger partial charge in [0.1, 0.15) is 5.76 Å². The van der Waals surface area contributed by atoms with E-state index in [1.807, 2.05) is 32.0 Å². The largest absolute Gasteiger partial charge is 0.360 e. The van der Waals surface area contributed by atoms with Crippen molar-refractivity contribution in [1.82, 2.24) is 5.16 Å². The smallest absolute Gasteiger partial charge is 0.232 e. The van der Waals surface area contributed by atoms with E-state index in [1.54, 1.807) is 13.0 Å². The fourth-order valence-electron chi connectivity index (χ4n) is 2.81. The Bertz CT molecular complexity index is 852. The summed E-state index contributed by atoms with van der Waals surface area (Å²) in [5.74, 6) is 0.586. The van der Waals surface area contributed by atoms with Crippen LogP contribution in [0.5, 0.6) is 0 Å². The van der Waals surface area contributed by atoms with E-state index in [0.717, 1.165) is 17.4 Å². The van der Waals surface area contributed by atoms with Gasteiger partial charge in [-0.25, -0.2) is 8.42 Å². The molecule has 7 nitrogen and oxygen atoms in total. The Labute approximate surface area is 154 Å². The molecule has 1 heterocycles. The minimum Gasteiger partial charge on any atom is -0.360 e. The molecule has 1 N–H and O–H groups in total. The molecule has 26 heavy (non-hydrogen) atoms. The molecule has 0 aliphatic heterocycles. The minimum atomic E-state index is -3.53. The summed E-state index contributed by atoms with van der Waals surface area (Å²) in [4.78, 5) is 12.2. The number of hydrogen-bond donors (Lipinski definition) is 1. The Kier molecular flexibility index (Phi) is 6.42. The quantitative estimate of drug-likeness (QED) is 0.761. The summed E-state index contributed by atoms with van der Waals surface area (Å²) in [7, 11) is -3.53. The van der Waals surface area contributed by atoms with Crippen molar-refractivity contribution < 1.29 is 17.7 Å². The number of benzene rings is 1. The van der Waals surface area contributed by atoms with Gasteiger partial charge in [0.25, 0.3) is 0 Å². The fraction of sp³-hybridized carbons (Fsp3) is 0.444. The maximum absolute atomic E-state index is 12.4. The molecule has 0 atom stereocenters. The number of sulfonamides is 1. The van der Waals surface area contributed by atoms with Gasteiger partial charge in [-0.2, -0.15) is 0 Å². The predicted molar refractivity (Wildman–Crippen MR) is 102 cm³/mol. The van der Waals surface area contributed by atoms with Crippen molar-refractivity contribution in [2.75, 3.05) is 22.4 Å². The number of anilines is 2. The number of hydrogen-bond acceptors (Lipinski definition) is 5. The lowest BCUT2D eigenvalue weighted by atomic mass is 10.0. The third-order valence-electron chi connectivity index (χ3n) is 4.05. The SMILES string of the molecule is CCc1cccc(CC)c1N(CCC(=O)Nc1cc(C)on1)S(C)(=O)=O. The number of amides is 1. The molecule has 2 aromatic rings. The van der Waals surface area contributed by atoms with Crippen LogP contribution in [0.2, 0.25) is 0 Å². The molecule has 0 spiro atoms. The fourth-order valence-corrected chi connectivity index (χ4v) is 3.80. The summed E-state index contributed by atoms with van der Waals surface area (Å²) in [5.41, 5.74) is 2.58. The lowest BCUT2D eigenvalue weighted by Gasteiger charge is -2.27. The van der Waals surface area contributed by atoms with E-state index in [-0.39, 0.29) is 18.9 Å². The predicted octanol–water partition coefficient (Wildman–Crippen LogP) is 2.90. The molecule has 142 valence electrons. The second kappa shape index (κ2) is 8.35. The van der Waals surface area contributed by atoms with Gasteiger partial charge in [-0.3, -0.25) is 9.10 Å². The van der Waals surface area contributed by atoms with Crippen LogP contribution in [0.1, 0.15) is 37.2 Å². The van der Waals surface area contributed by atoms with Crippen LogP contribution in [0.25, 0.3) is 0 Å². The molecular formula is C18H25N3O4S. The van der Waals surface area contributed by atoms with E-state index < -0.39 is 10.0 Å². The maximum Gasteiger partial charge on any atom is 0.232 e. The molecule has 0 aliphatic carbocycles.